The number of nitrogens with one attached hydrogen (secondary N) is 1. The molecule has 0 aliphatic heterocycles. The maximum Gasteiger partial charge on any atom is 0.279 e. The third-order valence-electron chi connectivity index (χ3n) is 2.38. The highest BCUT2D eigenvalue weighted by Gasteiger charge is 2.22. The number of hydrogen-bond donors (Lipinski definition) is 2. The van der Waals surface area contributed by atoms with Crippen LogP contribution in [0.15, 0.2) is 10.6 Å². The average molecular weight is 277 g/mol. The van der Waals surface area contributed by atoms with Crippen molar-refractivity contribution in [2.24, 2.45) is 0 Å². The molecule has 0 fully saturated rings. The third kappa shape index (κ3) is 4.05. The molecule has 1 aromatic rings. The second-order valence-electron chi connectivity index (χ2n) is 4.05. The summed E-state index contributed by atoms with van der Waals surface area (Å²) in [5.41, 5.74) is 0. The van der Waals surface area contributed by atoms with E-state index in [2.05, 4.69) is 9.71 Å². The van der Waals surface area contributed by atoms with Crippen LogP contribution in [0.4, 0.5) is 0 Å². The zero-order chi connectivity index (χ0) is 13.8. The smallest absolute Gasteiger partial charge is 0.279 e. The van der Waals surface area contributed by atoms with Crippen LogP contribution in [-0.4, -0.2) is 43.0 Å². The molecule has 7 nitrogen and oxygen atoms in total. The van der Waals surface area contributed by atoms with Crippen LogP contribution < -0.4 is 4.72 Å². The Morgan fingerprint density at radius 2 is 2.28 bits per heavy atom. The Morgan fingerprint density at radius 3 is 2.78 bits per heavy atom. The van der Waals surface area contributed by atoms with E-state index in [9.17, 15) is 8.42 Å². The highest BCUT2D eigenvalue weighted by atomic mass is 32.2. The monoisotopic (exact) mass is 277 g/mol. The molecule has 1 unspecified atom stereocenters. The Morgan fingerprint density at radius 1 is 1.61 bits per heavy atom. The van der Waals surface area contributed by atoms with Crippen LogP contribution in [0, 0.1) is 6.92 Å². The Kier molecular flexibility index (Phi) is 5.27. The van der Waals surface area contributed by atoms with Crippen molar-refractivity contribution in [2.45, 2.75) is 26.3 Å². The van der Waals surface area contributed by atoms with Gasteiger partial charge in [-0.15, -0.1) is 0 Å². The van der Waals surface area contributed by atoms with Crippen molar-refractivity contribution in [3.05, 3.63) is 17.8 Å². The first-order valence-corrected chi connectivity index (χ1v) is 7.07. The Labute approximate surface area is 107 Å². The van der Waals surface area contributed by atoms with Gasteiger partial charge >= 0.3 is 0 Å². The predicted octanol–water partition coefficient (Wildman–Crippen LogP) is 0.193. The average Bonchev–Trinajstić information content (AvgIpc) is 2.72. The lowest BCUT2D eigenvalue weighted by Crippen LogP contribution is -2.40. The van der Waals surface area contributed by atoms with Gasteiger partial charge in [-0.3, -0.25) is 0 Å². The first-order valence-electron chi connectivity index (χ1n) is 5.63. The van der Waals surface area contributed by atoms with Crippen molar-refractivity contribution in [1.29, 1.82) is 0 Å². The molecule has 0 radical (unpaired) electrons. The molecule has 104 valence electrons. The topological polar surface area (TPSA) is 95.7 Å². The van der Waals surface area contributed by atoms with Gasteiger partial charge in [0.1, 0.15) is 5.76 Å². The molecule has 1 rings (SSSR count). The molecule has 0 aromatic carbocycles. The van der Waals surface area contributed by atoms with Gasteiger partial charge in [-0.25, -0.2) is 4.98 Å². The lowest BCUT2D eigenvalue weighted by molar-refractivity contribution is 0.275. The minimum absolute atomic E-state index is 0.0473. The number of aliphatic hydroxyl groups excluding tert-OH is 1. The van der Waals surface area contributed by atoms with Gasteiger partial charge in [-0.1, -0.05) is 0 Å². The van der Waals surface area contributed by atoms with Crippen molar-refractivity contribution in [3.8, 4) is 0 Å². The van der Waals surface area contributed by atoms with Gasteiger partial charge in [0.2, 0.25) is 5.89 Å². The molecule has 0 amide bonds. The molecule has 0 aliphatic carbocycles. The van der Waals surface area contributed by atoms with Gasteiger partial charge in [0, 0.05) is 20.2 Å². The van der Waals surface area contributed by atoms with E-state index >= 15 is 0 Å². The number of aliphatic hydroxyl groups is 1. The summed E-state index contributed by atoms with van der Waals surface area (Å²) in [6.45, 7) is 3.60. The summed E-state index contributed by atoms with van der Waals surface area (Å²) >= 11 is 0. The van der Waals surface area contributed by atoms with E-state index in [-0.39, 0.29) is 13.2 Å². The first-order chi connectivity index (χ1) is 8.36. The summed E-state index contributed by atoms with van der Waals surface area (Å²) in [6.07, 6.45) is 1.93. The largest absolute Gasteiger partial charge is 0.444 e. The summed E-state index contributed by atoms with van der Waals surface area (Å²) in [6, 6.07) is -0.541. The van der Waals surface area contributed by atoms with Crippen LogP contribution in [0.1, 0.15) is 31.0 Å². The van der Waals surface area contributed by atoms with E-state index in [1.54, 1.807) is 13.8 Å². The highest BCUT2D eigenvalue weighted by Crippen LogP contribution is 2.13. The standard InChI is InChI=1S/C10H19N3O4S/c1-8-7-11-10(17-8)9(2)12-18(15,16)13(3)5-4-6-14/h7,9,12,14H,4-6H2,1-3H3. The van der Waals surface area contributed by atoms with Crippen molar-refractivity contribution >= 4 is 10.2 Å². The minimum atomic E-state index is -3.60. The van der Waals surface area contributed by atoms with E-state index in [4.69, 9.17) is 9.52 Å². The van der Waals surface area contributed by atoms with E-state index in [1.807, 2.05) is 0 Å². The molecule has 0 saturated heterocycles. The lowest BCUT2D eigenvalue weighted by atomic mass is 10.4. The van der Waals surface area contributed by atoms with Crippen molar-refractivity contribution in [2.75, 3.05) is 20.2 Å². The molecule has 2 N–H and O–H groups in total. The van der Waals surface area contributed by atoms with Crippen LogP contribution in [-0.2, 0) is 10.2 Å². The molecular weight excluding hydrogens is 258 g/mol. The van der Waals surface area contributed by atoms with Crippen molar-refractivity contribution < 1.29 is 17.9 Å². The molecular formula is C10H19N3O4S. The van der Waals surface area contributed by atoms with E-state index in [1.165, 1.54) is 13.2 Å². The van der Waals surface area contributed by atoms with Crippen LogP contribution in [0.5, 0.6) is 0 Å². The lowest BCUT2D eigenvalue weighted by Gasteiger charge is -2.19. The zero-order valence-electron chi connectivity index (χ0n) is 10.8. The summed E-state index contributed by atoms with van der Waals surface area (Å²) in [4.78, 5) is 3.97. The van der Waals surface area contributed by atoms with E-state index < -0.39 is 16.3 Å². The fourth-order valence-electron chi connectivity index (χ4n) is 1.35. The SMILES string of the molecule is Cc1cnc(C(C)NS(=O)(=O)N(C)CCCO)o1. The quantitative estimate of drug-likeness (QED) is 0.742. The first kappa shape index (κ1) is 15.1. The van der Waals surface area contributed by atoms with Gasteiger partial charge in [-0.05, 0) is 20.3 Å². The number of oxazole rings is 1. The maximum absolute atomic E-state index is 11.9. The molecule has 0 saturated carbocycles. The van der Waals surface area contributed by atoms with Gasteiger partial charge in [-0.2, -0.15) is 17.4 Å². The number of aromatic nitrogens is 1. The summed E-state index contributed by atoms with van der Waals surface area (Å²) in [5.74, 6) is 0.955. The molecule has 8 heteroatoms. The Balaban J connectivity index is 2.65. The molecule has 0 bridgehead atoms. The fourth-order valence-corrected chi connectivity index (χ4v) is 2.45. The van der Waals surface area contributed by atoms with Gasteiger partial charge in [0.25, 0.3) is 10.2 Å². The van der Waals surface area contributed by atoms with Crippen LogP contribution in [0.2, 0.25) is 0 Å². The molecule has 0 aliphatic rings. The molecule has 1 heterocycles. The second-order valence-corrected chi connectivity index (χ2v) is 5.86. The number of nitrogens with zero attached hydrogens (tertiary/aromatic N) is 2. The normalized spacial score (nSPS) is 14.1. The van der Waals surface area contributed by atoms with E-state index in [0.29, 0.717) is 18.1 Å². The predicted molar refractivity (Wildman–Crippen MR) is 66.0 cm³/mol. The van der Waals surface area contributed by atoms with Gasteiger partial charge < -0.3 is 9.52 Å². The van der Waals surface area contributed by atoms with Crippen LogP contribution >= 0.6 is 0 Å². The molecule has 1 aromatic heterocycles. The molecule has 0 spiro atoms. The zero-order valence-corrected chi connectivity index (χ0v) is 11.6. The van der Waals surface area contributed by atoms with Crippen LogP contribution in [0.25, 0.3) is 0 Å². The summed E-state index contributed by atoms with van der Waals surface area (Å²) in [7, 11) is -2.15. The Hall–Kier alpha value is -0.960. The maximum atomic E-state index is 11.9. The minimum Gasteiger partial charge on any atom is -0.444 e. The summed E-state index contributed by atoms with van der Waals surface area (Å²) < 4.78 is 32.6. The van der Waals surface area contributed by atoms with Crippen LogP contribution in [0.3, 0.4) is 0 Å². The molecule has 18 heavy (non-hydrogen) atoms. The fraction of sp³-hybridized carbons (Fsp3) is 0.700. The van der Waals surface area contributed by atoms with Crippen molar-refractivity contribution in [3.63, 3.8) is 0 Å². The summed E-state index contributed by atoms with van der Waals surface area (Å²) in [5, 5.41) is 8.68. The van der Waals surface area contributed by atoms with E-state index in [0.717, 1.165) is 4.31 Å². The van der Waals surface area contributed by atoms with Gasteiger partial charge in [0.05, 0.1) is 12.2 Å². The second kappa shape index (κ2) is 6.28. The highest BCUT2D eigenvalue weighted by molar-refractivity contribution is 7.87. The number of rotatable bonds is 7. The number of aryl methyl sites for hydroxylation is 1. The Bertz CT molecular complexity index is 471. The number of hydrogen-bond acceptors (Lipinski definition) is 5. The third-order valence-corrected chi connectivity index (χ3v) is 4.03. The molecule has 1 atom stereocenters. The van der Waals surface area contributed by atoms with Gasteiger partial charge in [0.15, 0.2) is 0 Å². The van der Waals surface area contributed by atoms with Crippen molar-refractivity contribution in [1.82, 2.24) is 14.0 Å².